The average Bonchev–Trinajstić information content (AvgIpc) is 2.79. The molecule has 2 N–H and O–H groups in total. The summed E-state index contributed by atoms with van der Waals surface area (Å²) in [6.07, 6.45) is 2.51. The number of sulfonamides is 1. The van der Waals surface area contributed by atoms with Crippen molar-refractivity contribution >= 4 is 38.0 Å². The zero-order valence-corrected chi connectivity index (χ0v) is 17.6. The van der Waals surface area contributed by atoms with E-state index in [1.165, 1.54) is 0 Å². The fraction of sp³-hybridized carbons (Fsp3) is 0.0833. The van der Waals surface area contributed by atoms with E-state index in [-0.39, 0.29) is 4.90 Å². The monoisotopic (exact) mass is 428 g/mol. The maximum atomic E-state index is 12.7. The van der Waals surface area contributed by atoms with Crippen molar-refractivity contribution in [1.29, 1.82) is 5.26 Å². The SMILES string of the molecule is CCc1cccc(NS(=O)(=O)c2ccc(Nc3ccnc4ccc(C#N)cc34)cc2)c1. The van der Waals surface area contributed by atoms with Crippen LogP contribution >= 0.6 is 0 Å². The first-order valence-corrected chi connectivity index (χ1v) is 11.2. The van der Waals surface area contributed by atoms with Crippen LogP contribution < -0.4 is 10.0 Å². The molecule has 0 amide bonds. The second kappa shape index (κ2) is 8.46. The average molecular weight is 429 g/mol. The Morgan fingerprint density at radius 1 is 0.968 bits per heavy atom. The highest BCUT2D eigenvalue weighted by Gasteiger charge is 2.14. The molecule has 6 nitrogen and oxygen atoms in total. The normalized spacial score (nSPS) is 11.1. The predicted molar refractivity (Wildman–Crippen MR) is 123 cm³/mol. The first-order chi connectivity index (χ1) is 15.0. The van der Waals surface area contributed by atoms with E-state index in [0.717, 1.165) is 34.3 Å². The number of benzene rings is 3. The summed E-state index contributed by atoms with van der Waals surface area (Å²) >= 11 is 0. The Morgan fingerprint density at radius 2 is 1.77 bits per heavy atom. The molecule has 0 aliphatic rings. The van der Waals surface area contributed by atoms with Gasteiger partial charge in [0.2, 0.25) is 0 Å². The fourth-order valence-corrected chi connectivity index (χ4v) is 4.32. The number of fused-ring (bicyclic) bond motifs is 1. The van der Waals surface area contributed by atoms with E-state index >= 15 is 0 Å². The van der Waals surface area contributed by atoms with Crippen LogP contribution in [0.2, 0.25) is 0 Å². The Morgan fingerprint density at radius 3 is 2.52 bits per heavy atom. The molecular weight excluding hydrogens is 408 g/mol. The largest absolute Gasteiger partial charge is 0.355 e. The second-order valence-electron chi connectivity index (χ2n) is 7.01. The molecule has 0 fully saturated rings. The molecule has 154 valence electrons. The van der Waals surface area contributed by atoms with Crippen molar-refractivity contribution in [3.8, 4) is 6.07 Å². The molecule has 4 aromatic rings. The summed E-state index contributed by atoms with van der Waals surface area (Å²) in [5, 5.41) is 13.3. The predicted octanol–water partition coefficient (Wildman–Crippen LogP) is 5.21. The van der Waals surface area contributed by atoms with E-state index in [1.807, 2.05) is 31.2 Å². The van der Waals surface area contributed by atoms with Gasteiger partial charge in [-0.15, -0.1) is 0 Å². The molecule has 3 aromatic carbocycles. The molecule has 31 heavy (non-hydrogen) atoms. The maximum Gasteiger partial charge on any atom is 0.261 e. The number of nitriles is 1. The zero-order valence-electron chi connectivity index (χ0n) is 16.8. The van der Waals surface area contributed by atoms with Crippen molar-refractivity contribution in [2.24, 2.45) is 0 Å². The number of aromatic nitrogens is 1. The van der Waals surface area contributed by atoms with Crippen molar-refractivity contribution in [3.63, 3.8) is 0 Å². The summed E-state index contributed by atoms with van der Waals surface area (Å²) in [7, 11) is -3.70. The highest BCUT2D eigenvalue weighted by molar-refractivity contribution is 7.92. The third-order valence-electron chi connectivity index (χ3n) is 4.90. The molecule has 1 heterocycles. The summed E-state index contributed by atoms with van der Waals surface area (Å²) in [5.41, 5.74) is 4.42. The summed E-state index contributed by atoms with van der Waals surface area (Å²) in [5.74, 6) is 0. The van der Waals surface area contributed by atoms with Gasteiger partial charge in [-0.2, -0.15) is 5.26 Å². The van der Waals surface area contributed by atoms with Gasteiger partial charge in [0.1, 0.15) is 0 Å². The van der Waals surface area contributed by atoms with Crippen LogP contribution in [0.4, 0.5) is 17.1 Å². The number of anilines is 3. The highest BCUT2D eigenvalue weighted by Crippen LogP contribution is 2.27. The molecule has 0 saturated heterocycles. The first-order valence-electron chi connectivity index (χ1n) is 9.76. The first kappa shape index (κ1) is 20.4. The van der Waals surface area contributed by atoms with Gasteiger partial charge in [0, 0.05) is 28.6 Å². The topological polar surface area (TPSA) is 94.9 Å². The number of hydrogen-bond donors (Lipinski definition) is 2. The van der Waals surface area contributed by atoms with Crippen LogP contribution in [0.5, 0.6) is 0 Å². The Labute approximate surface area is 181 Å². The lowest BCUT2D eigenvalue weighted by atomic mass is 10.1. The third-order valence-corrected chi connectivity index (χ3v) is 6.30. The van der Waals surface area contributed by atoms with Crippen LogP contribution in [0.15, 0.2) is 83.9 Å². The van der Waals surface area contributed by atoms with Crippen molar-refractivity contribution in [2.45, 2.75) is 18.2 Å². The summed E-state index contributed by atoms with van der Waals surface area (Å²) in [4.78, 5) is 4.49. The lowest BCUT2D eigenvalue weighted by molar-refractivity contribution is 0.601. The van der Waals surface area contributed by atoms with E-state index in [9.17, 15) is 8.42 Å². The van der Waals surface area contributed by atoms with E-state index < -0.39 is 10.0 Å². The molecule has 0 unspecified atom stereocenters. The second-order valence-corrected chi connectivity index (χ2v) is 8.69. The minimum atomic E-state index is -3.70. The Balaban J connectivity index is 1.57. The van der Waals surface area contributed by atoms with Gasteiger partial charge in [0.25, 0.3) is 10.0 Å². The van der Waals surface area contributed by atoms with Crippen LogP contribution in [0.25, 0.3) is 10.9 Å². The summed E-state index contributed by atoms with van der Waals surface area (Å²) in [6.45, 7) is 2.02. The van der Waals surface area contributed by atoms with E-state index in [2.05, 4.69) is 21.1 Å². The van der Waals surface area contributed by atoms with Gasteiger partial charge in [-0.1, -0.05) is 19.1 Å². The third kappa shape index (κ3) is 4.49. The molecule has 0 atom stereocenters. The van der Waals surface area contributed by atoms with Gasteiger partial charge in [-0.3, -0.25) is 9.71 Å². The molecule has 0 aliphatic carbocycles. The molecule has 7 heteroatoms. The number of nitrogens with zero attached hydrogens (tertiary/aromatic N) is 2. The van der Waals surface area contributed by atoms with Crippen LogP contribution in [0, 0.1) is 11.3 Å². The minimum absolute atomic E-state index is 0.173. The molecule has 4 rings (SSSR count). The number of pyridine rings is 1. The van der Waals surface area contributed by atoms with Crippen molar-refractivity contribution in [1.82, 2.24) is 4.98 Å². The van der Waals surface area contributed by atoms with Crippen molar-refractivity contribution in [2.75, 3.05) is 10.0 Å². The van der Waals surface area contributed by atoms with Gasteiger partial charge in [0.05, 0.1) is 22.0 Å². The molecular formula is C24H20N4O2S. The molecule has 0 spiro atoms. The number of aryl methyl sites for hydroxylation is 1. The highest BCUT2D eigenvalue weighted by atomic mass is 32.2. The lowest BCUT2D eigenvalue weighted by Gasteiger charge is -2.12. The van der Waals surface area contributed by atoms with Crippen LogP contribution in [0.1, 0.15) is 18.1 Å². The van der Waals surface area contributed by atoms with Crippen LogP contribution in [-0.4, -0.2) is 13.4 Å². The standard InChI is InChI=1S/C24H20N4O2S/c1-2-17-4-3-5-20(14-17)28-31(29,30)21-9-7-19(8-10-21)27-24-12-13-26-23-11-6-18(16-25)15-22(23)24/h3-15,28H,2H2,1H3,(H,26,27). The maximum absolute atomic E-state index is 12.7. The molecule has 0 radical (unpaired) electrons. The molecule has 0 bridgehead atoms. The Kier molecular flexibility index (Phi) is 5.56. The molecule has 0 saturated carbocycles. The minimum Gasteiger partial charge on any atom is -0.355 e. The zero-order chi connectivity index (χ0) is 21.8. The van der Waals surface area contributed by atoms with Gasteiger partial charge < -0.3 is 5.32 Å². The van der Waals surface area contributed by atoms with E-state index in [0.29, 0.717) is 11.3 Å². The Hall–Kier alpha value is -3.89. The van der Waals surface area contributed by atoms with Gasteiger partial charge >= 0.3 is 0 Å². The number of nitrogens with one attached hydrogen (secondary N) is 2. The van der Waals surface area contributed by atoms with E-state index in [4.69, 9.17) is 5.26 Å². The van der Waals surface area contributed by atoms with Gasteiger partial charge in [-0.25, -0.2) is 8.42 Å². The smallest absolute Gasteiger partial charge is 0.261 e. The summed E-state index contributed by atoms with van der Waals surface area (Å²) in [6, 6.07) is 23.1. The van der Waals surface area contributed by atoms with Gasteiger partial charge in [-0.05, 0) is 72.6 Å². The van der Waals surface area contributed by atoms with Crippen molar-refractivity contribution < 1.29 is 8.42 Å². The number of rotatable bonds is 6. The van der Waals surface area contributed by atoms with Gasteiger partial charge in [0.15, 0.2) is 0 Å². The lowest BCUT2D eigenvalue weighted by Crippen LogP contribution is -2.13. The molecule has 1 aromatic heterocycles. The molecule has 0 aliphatic heterocycles. The van der Waals surface area contributed by atoms with E-state index in [1.54, 1.807) is 54.7 Å². The summed E-state index contributed by atoms with van der Waals surface area (Å²) < 4.78 is 28.1. The quantitative estimate of drug-likeness (QED) is 0.439. The Bertz CT molecular complexity index is 1390. The van der Waals surface area contributed by atoms with Crippen molar-refractivity contribution in [3.05, 3.63) is 90.1 Å². The van der Waals surface area contributed by atoms with Crippen LogP contribution in [0.3, 0.4) is 0 Å². The van der Waals surface area contributed by atoms with Crippen LogP contribution in [-0.2, 0) is 16.4 Å². The number of hydrogen-bond acceptors (Lipinski definition) is 5. The fourth-order valence-electron chi connectivity index (χ4n) is 3.27.